The van der Waals surface area contributed by atoms with Crippen LogP contribution in [0.3, 0.4) is 0 Å². The van der Waals surface area contributed by atoms with E-state index < -0.39 is 0 Å². The lowest BCUT2D eigenvalue weighted by Gasteiger charge is -2.09. The highest BCUT2D eigenvalue weighted by Crippen LogP contribution is 2.30. The fourth-order valence-corrected chi connectivity index (χ4v) is 4.65. The van der Waals surface area contributed by atoms with Crippen LogP contribution < -0.4 is 0 Å². The Morgan fingerprint density at radius 3 is 2.59 bits per heavy atom. The minimum Gasteiger partial charge on any atom is -0.333 e. The number of H-pyrrole nitrogens is 1. The van der Waals surface area contributed by atoms with Crippen LogP contribution >= 0.6 is 23.5 Å². The van der Waals surface area contributed by atoms with Gasteiger partial charge in [0.1, 0.15) is 5.82 Å². The van der Waals surface area contributed by atoms with Crippen molar-refractivity contribution < 1.29 is 4.39 Å². The number of nitrogens with zero attached hydrogens (tertiary/aromatic N) is 2. The van der Waals surface area contributed by atoms with Crippen LogP contribution in [-0.2, 0) is 11.5 Å². The highest BCUT2D eigenvalue weighted by atomic mass is 32.2. The summed E-state index contributed by atoms with van der Waals surface area (Å²) in [7, 11) is 0. The first-order valence-corrected chi connectivity index (χ1v) is 10.6. The van der Waals surface area contributed by atoms with Gasteiger partial charge in [-0.05, 0) is 48.4 Å². The maximum Gasteiger partial charge on any atom is 0.166 e. The van der Waals surface area contributed by atoms with Crippen LogP contribution in [0.15, 0.2) is 70.8 Å². The molecule has 4 rings (SSSR count). The molecule has 1 N–H and O–H groups in total. The first-order valence-electron chi connectivity index (χ1n) is 8.58. The first-order chi connectivity index (χ1) is 13.2. The number of rotatable bonds is 6. The number of para-hydroxylation sites is 2. The summed E-state index contributed by atoms with van der Waals surface area (Å²) in [5.74, 6) is 1.37. The van der Waals surface area contributed by atoms with E-state index >= 15 is 0 Å². The quantitative estimate of drug-likeness (QED) is 0.407. The standard InChI is InChI=1S/C21H18FN3S2/c1-14-19(13-27-21-24-17-4-2-3-5-18(17)25-21)23-11-10-20(14)26-12-15-6-8-16(22)9-7-15/h2-11H,12-13H2,1H3,(H,24,25). The van der Waals surface area contributed by atoms with Gasteiger partial charge in [-0.25, -0.2) is 9.37 Å². The summed E-state index contributed by atoms with van der Waals surface area (Å²) < 4.78 is 13.0. The molecule has 0 radical (unpaired) electrons. The van der Waals surface area contributed by atoms with Crippen molar-refractivity contribution in [3.8, 4) is 0 Å². The molecule has 2 heterocycles. The Hall–Kier alpha value is -2.31. The smallest absolute Gasteiger partial charge is 0.166 e. The number of benzene rings is 2. The van der Waals surface area contributed by atoms with E-state index in [0.29, 0.717) is 0 Å². The molecule has 0 saturated heterocycles. The summed E-state index contributed by atoms with van der Waals surface area (Å²) in [5, 5.41) is 0.904. The van der Waals surface area contributed by atoms with Crippen LogP contribution in [0.1, 0.15) is 16.8 Å². The number of nitrogens with one attached hydrogen (secondary N) is 1. The lowest BCUT2D eigenvalue weighted by Crippen LogP contribution is -1.94. The van der Waals surface area contributed by atoms with E-state index in [1.807, 2.05) is 48.7 Å². The topological polar surface area (TPSA) is 41.6 Å². The molecule has 0 saturated carbocycles. The zero-order valence-corrected chi connectivity index (χ0v) is 16.4. The summed E-state index contributed by atoms with van der Waals surface area (Å²) in [6, 6.07) is 16.7. The lowest BCUT2D eigenvalue weighted by atomic mass is 10.2. The molecule has 0 fully saturated rings. The van der Waals surface area contributed by atoms with Crippen molar-refractivity contribution in [1.82, 2.24) is 15.0 Å². The van der Waals surface area contributed by atoms with Gasteiger partial charge < -0.3 is 4.98 Å². The maximum atomic E-state index is 13.0. The third-order valence-electron chi connectivity index (χ3n) is 4.28. The van der Waals surface area contributed by atoms with Gasteiger partial charge in [0.05, 0.1) is 16.7 Å². The van der Waals surface area contributed by atoms with E-state index in [-0.39, 0.29) is 5.82 Å². The molecular formula is C21H18FN3S2. The highest BCUT2D eigenvalue weighted by molar-refractivity contribution is 7.98. The number of thioether (sulfide) groups is 2. The van der Waals surface area contributed by atoms with E-state index in [2.05, 4.69) is 21.9 Å². The van der Waals surface area contributed by atoms with Crippen molar-refractivity contribution in [3.63, 3.8) is 0 Å². The first kappa shape index (κ1) is 18.1. The average molecular weight is 396 g/mol. The van der Waals surface area contributed by atoms with E-state index in [9.17, 15) is 4.39 Å². The second-order valence-electron chi connectivity index (χ2n) is 6.14. The van der Waals surface area contributed by atoms with Gasteiger partial charge in [0.25, 0.3) is 0 Å². The molecular weight excluding hydrogens is 377 g/mol. The highest BCUT2D eigenvalue weighted by Gasteiger charge is 2.09. The zero-order valence-electron chi connectivity index (χ0n) is 14.8. The molecule has 0 atom stereocenters. The Morgan fingerprint density at radius 1 is 0.963 bits per heavy atom. The molecule has 2 aromatic heterocycles. The fraction of sp³-hybridized carbons (Fsp3) is 0.143. The number of halogens is 1. The van der Waals surface area contributed by atoms with Crippen molar-refractivity contribution in [2.75, 3.05) is 0 Å². The second kappa shape index (κ2) is 8.15. The molecule has 0 aliphatic heterocycles. The maximum absolute atomic E-state index is 13.0. The van der Waals surface area contributed by atoms with Crippen molar-refractivity contribution in [3.05, 3.63) is 83.4 Å². The molecule has 0 amide bonds. The van der Waals surface area contributed by atoms with E-state index in [1.165, 1.54) is 22.6 Å². The van der Waals surface area contributed by atoms with E-state index in [4.69, 9.17) is 0 Å². The van der Waals surface area contributed by atoms with Gasteiger partial charge in [0.15, 0.2) is 5.16 Å². The largest absolute Gasteiger partial charge is 0.333 e. The third-order valence-corrected chi connectivity index (χ3v) is 6.40. The Morgan fingerprint density at radius 2 is 1.78 bits per heavy atom. The second-order valence-corrected chi connectivity index (χ2v) is 8.12. The van der Waals surface area contributed by atoms with Gasteiger partial charge in [-0.2, -0.15) is 0 Å². The molecule has 0 aliphatic carbocycles. The number of aromatic amines is 1. The molecule has 0 bridgehead atoms. The molecule has 0 unspecified atom stereocenters. The molecule has 27 heavy (non-hydrogen) atoms. The minimum absolute atomic E-state index is 0.200. The molecule has 4 aromatic rings. The van der Waals surface area contributed by atoms with Gasteiger partial charge in [0, 0.05) is 22.6 Å². The predicted octanol–water partition coefficient (Wildman–Crippen LogP) is 5.99. The number of fused-ring (bicyclic) bond motifs is 1. The third kappa shape index (κ3) is 4.34. The van der Waals surface area contributed by atoms with Crippen molar-refractivity contribution >= 4 is 34.6 Å². The van der Waals surface area contributed by atoms with Crippen LogP contribution in [0.25, 0.3) is 11.0 Å². The van der Waals surface area contributed by atoms with Gasteiger partial charge in [-0.1, -0.05) is 36.0 Å². The Kier molecular flexibility index (Phi) is 5.45. The molecule has 136 valence electrons. The van der Waals surface area contributed by atoms with Gasteiger partial charge in [-0.15, -0.1) is 11.8 Å². The van der Waals surface area contributed by atoms with Crippen molar-refractivity contribution in [2.24, 2.45) is 0 Å². The molecule has 0 aliphatic rings. The van der Waals surface area contributed by atoms with Crippen LogP contribution in [-0.4, -0.2) is 15.0 Å². The Balaban J connectivity index is 1.43. The van der Waals surface area contributed by atoms with Crippen LogP contribution in [0.5, 0.6) is 0 Å². The lowest BCUT2D eigenvalue weighted by molar-refractivity contribution is 0.627. The summed E-state index contributed by atoms with van der Waals surface area (Å²) in [4.78, 5) is 13.7. The predicted molar refractivity (Wildman–Crippen MR) is 111 cm³/mol. The molecule has 6 heteroatoms. The fourth-order valence-electron chi connectivity index (χ4n) is 2.74. The number of hydrogen-bond acceptors (Lipinski definition) is 4. The zero-order chi connectivity index (χ0) is 18.6. The van der Waals surface area contributed by atoms with E-state index in [1.54, 1.807) is 23.5 Å². The summed E-state index contributed by atoms with van der Waals surface area (Å²) in [6.45, 7) is 2.11. The molecule has 3 nitrogen and oxygen atoms in total. The summed E-state index contributed by atoms with van der Waals surface area (Å²) >= 11 is 3.41. The van der Waals surface area contributed by atoms with Crippen LogP contribution in [0.2, 0.25) is 0 Å². The number of pyridine rings is 1. The van der Waals surface area contributed by atoms with Crippen LogP contribution in [0, 0.1) is 12.7 Å². The van der Waals surface area contributed by atoms with Gasteiger partial charge >= 0.3 is 0 Å². The SMILES string of the molecule is Cc1c(SCc2ccc(F)cc2)ccnc1CSc1nc2ccccc2[nH]1. The van der Waals surface area contributed by atoms with Crippen LogP contribution in [0.4, 0.5) is 4.39 Å². The monoisotopic (exact) mass is 395 g/mol. The molecule has 2 aromatic carbocycles. The number of imidazole rings is 1. The minimum atomic E-state index is -0.200. The van der Waals surface area contributed by atoms with E-state index in [0.717, 1.165) is 39.0 Å². The van der Waals surface area contributed by atoms with Gasteiger partial charge in [-0.3, -0.25) is 4.98 Å². The average Bonchev–Trinajstić information content (AvgIpc) is 3.10. The molecule has 0 spiro atoms. The number of aromatic nitrogens is 3. The normalized spacial score (nSPS) is 11.2. The van der Waals surface area contributed by atoms with Crippen molar-refractivity contribution in [1.29, 1.82) is 0 Å². The summed E-state index contributed by atoms with van der Waals surface area (Å²) in [5.41, 5.74) is 5.38. The van der Waals surface area contributed by atoms with Crippen molar-refractivity contribution in [2.45, 2.75) is 28.5 Å². The summed E-state index contributed by atoms with van der Waals surface area (Å²) in [6.07, 6.45) is 1.86. The van der Waals surface area contributed by atoms with Gasteiger partial charge in [0.2, 0.25) is 0 Å². The Labute approximate surface area is 165 Å². The number of hydrogen-bond donors (Lipinski definition) is 1. The Bertz CT molecular complexity index is 1030.